The second-order valence-corrected chi connectivity index (χ2v) is 4.82. The van der Waals surface area contributed by atoms with Gasteiger partial charge in [0.2, 0.25) is 0 Å². The van der Waals surface area contributed by atoms with Crippen LogP contribution in [-0.4, -0.2) is 66.1 Å². The van der Waals surface area contributed by atoms with Crippen molar-refractivity contribution in [1.29, 1.82) is 0 Å². The minimum atomic E-state index is 0.266. The van der Waals surface area contributed by atoms with Gasteiger partial charge in [0.1, 0.15) is 0 Å². The summed E-state index contributed by atoms with van der Waals surface area (Å²) in [6.45, 7) is 11.1. The lowest BCUT2D eigenvalue weighted by atomic mass is 9.84. The van der Waals surface area contributed by atoms with Crippen molar-refractivity contribution < 1.29 is 23.7 Å². The summed E-state index contributed by atoms with van der Waals surface area (Å²) in [5.74, 6) is 0. The van der Waals surface area contributed by atoms with Crippen LogP contribution in [0.4, 0.5) is 0 Å². The van der Waals surface area contributed by atoms with Crippen molar-refractivity contribution >= 4 is 0 Å². The molecule has 114 valence electrons. The molecule has 0 aromatic rings. The second-order valence-electron chi connectivity index (χ2n) is 4.82. The van der Waals surface area contributed by atoms with Crippen LogP contribution in [0, 0.1) is 5.41 Å². The highest BCUT2D eigenvalue weighted by Crippen LogP contribution is 2.31. The molecular weight excluding hydrogens is 248 g/mol. The molecule has 0 bridgehead atoms. The topological polar surface area (TPSA) is 46.2 Å². The van der Waals surface area contributed by atoms with E-state index in [-0.39, 0.29) is 5.41 Å². The SMILES string of the molecule is CCOCCOCCOCCOCC1(CC)COC1. The van der Waals surface area contributed by atoms with E-state index in [4.69, 9.17) is 23.7 Å². The highest BCUT2D eigenvalue weighted by Gasteiger charge is 2.36. The number of hydrogen-bond donors (Lipinski definition) is 0. The van der Waals surface area contributed by atoms with Gasteiger partial charge in [0.15, 0.2) is 0 Å². The van der Waals surface area contributed by atoms with Gasteiger partial charge >= 0.3 is 0 Å². The third kappa shape index (κ3) is 7.22. The predicted octanol–water partition coefficient (Wildman–Crippen LogP) is 1.50. The minimum absolute atomic E-state index is 0.266. The molecule has 5 nitrogen and oxygen atoms in total. The van der Waals surface area contributed by atoms with E-state index >= 15 is 0 Å². The summed E-state index contributed by atoms with van der Waals surface area (Å²) in [6.07, 6.45) is 1.11. The highest BCUT2D eigenvalue weighted by atomic mass is 16.6. The molecule has 0 aliphatic carbocycles. The van der Waals surface area contributed by atoms with Crippen molar-refractivity contribution in [2.45, 2.75) is 20.3 Å². The lowest BCUT2D eigenvalue weighted by molar-refractivity contribution is -0.153. The molecule has 1 rings (SSSR count). The first-order valence-electron chi connectivity index (χ1n) is 7.22. The molecule has 0 aromatic carbocycles. The van der Waals surface area contributed by atoms with E-state index in [1.54, 1.807) is 0 Å². The Bertz CT molecular complexity index is 201. The van der Waals surface area contributed by atoms with E-state index in [0.717, 1.165) is 32.8 Å². The third-order valence-electron chi connectivity index (χ3n) is 3.29. The van der Waals surface area contributed by atoms with Crippen molar-refractivity contribution in [3.8, 4) is 0 Å². The van der Waals surface area contributed by atoms with Crippen molar-refractivity contribution in [2.24, 2.45) is 5.41 Å². The molecule has 0 saturated carbocycles. The Kier molecular flexibility index (Phi) is 9.38. The number of rotatable bonds is 13. The van der Waals surface area contributed by atoms with Crippen molar-refractivity contribution in [3.05, 3.63) is 0 Å². The Hall–Kier alpha value is -0.200. The first kappa shape index (κ1) is 16.9. The zero-order valence-corrected chi connectivity index (χ0v) is 12.3. The summed E-state index contributed by atoms with van der Waals surface area (Å²) in [4.78, 5) is 0. The van der Waals surface area contributed by atoms with Gasteiger partial charge < -0.3 is 23.7 Å². The van der Waals surface area contributed by atoms with Gasteiger partial charge in [0, 0.05) is 12.0 Å². The predicted molar refractivity (Wildman–Crippen MR) is 72.5 cm³/mol. The van der Waals surface area contributed by atoms with E-state index in [0.29, 0.717) is 39.6 Å². The molecule has 0 atom stereocenters. The maximum atomic E-state index is 5.63. The molecule has 0 amide bonds. The molecule has 1 saturated heterocycles. The van der Waals surface area contributed by atoms with Crippen LogP contribution in [0.5, 0.6) is 0 Å². The fraction of sp³-hybridized carbons (Fsp3) is 1.00. The van der Waals surface area contributed by atoms with Crippen LogP contribution >= 0.6 is 0 Å². The maximum absolute atomic E-state index is 5.63. The summed E-state index contributed by atoms with van der Waals surface area (Å²) in [5.41, 5.74) is 0.266. The smallest absolute Gasteiger partial charge is 0.0701 e. The van der Waals surface area contributed by atoms with E-state index in [2.05, 4.69) is 6.92 Å². The van der Waals surface area contributed by atoms with E-state index in [1.165, 1.54) is 0 Å². The van der Waals surface area contributed by atoms with Crippen molar-refractivity contribution in [1.82, 2.24) is 0 Å². The van der Waals surface area contributed by atoms with Gasteiger partial charge in [-0.25, -0.2) is 0 Å². The number of ether oxygens (including phenoxy) is 5. The van der Waals surface area contributed by atoms with Gasteiger partial charge in [-0.05, 0) is 13.3 Å². The van der Waals surface area contributed by atoms with Crippen LogP contribution in [-0.2, 0) is 23.7 Å². The van der Waals surface area contributed by atoms with Crippen molar-refractivity contribution in [2.75, 3.05) is 66.1 Å². The van der Waals surface area contributed by atoms with E-state index in [1.807, 2.05) is 6.92 Å². The molecule has 0 spiro atoms. The summed E-state index contributed by atoms with van der Waals surface area (Å²) >= 11 is 0. The molecule has 1 aliphatic rings. The summed E-state index contributed by atoms with van der Waals surface area (Å²) in [7, 11) is 0. The van der Waals surface area contributed by atoms with Gasteiger partial charge in [-0.3, -0.25) is 0 Å². The monoisotopic (exact) mass is 276 g/mol. The highest BCUT2D eigenvalue weighted by molar-refractivity contribution is 4.83. The summed E-state index contributed by atoms with van der Waals surface area (Å²) in [6, 6.07) is 0. The normalized spacial score (nSPS) is 17.4. The van der Waals surface area contributed by atoms with Gasteiger partial charge in [0.05, 0.1) is 59.5 Å². The molecule has 5 heteroatoms. The lowest BCUT2D eigenvalue weighted by Crippen LogP contribution is -2.45. The Morgan fingerprint density at radius 2 is 1.32 bits per heavy atom. The first-order chi connectivity index (χ1) is 9.33. The lowest BCUT2D eigenvalue weighted by Gasteiger charge is -2.40. The molecule has 0 aromatic heterocycles. The average Bonchev–Trinajstić information content (AvgIpc) is 2.38. The van der Waals surface area contributed by atoms with Crippen LogP contribution in [0.3, 0.4) is 0 Å². The van der Waals surface area contributed by atoms with Crippen LogP contribution in [0.15, 0.2) is 0 Å². The minimum Gasteiger partial charge on any atom is -0.380 e. The van der Waals surface area contributed by atoms with Crippen LogP contribution in [0.25, 0.3) is 0 Å². The second kappa shape index (κ2) is 10.6. The average molecular weight is 276 g/mol. The molecule has 0 radical (unpaired) electrons. The van der Waals surface area contributed by atoms with Gasteiger partial charge in [-0.1, -0.05) is 6.92 Å². The van der Waals surface area contributed by atoms with E-state index < -0.39 is 0 Å². The number of hydrogen-bond acceptors (Lipinski definition) is 5. The Labute approximate surface area is 116 Å². The van der Waals surface area contributed by atoms with Crippen LogP contribution in [0.1, 0.15) is 20.3 Å². The fourth-order valence-corrected chi connectivity index (χ4v) is 1.77. The Balaban J connectivity index is 1.76. The Morgan fingerprint density at radius 3 is 1.74 bits per heavy atom. The quantitative estimate of drug-likeness (QED) is 0.477. The third-order valence-corrected chi connectivity index (χ3v) is 3.29. The Morgan fingerprint density at radius 1 is 0.789 bits per heavy atom. The zero-order chi connectivity index (χ0) is 13.8. The van der Waals surface area contributed by atoms with Gasteiger partial charge in [-0.2, -0.15) is 0 Å². The van der Waals surface area contributed by atoms with Gasteiger partial charge in [0.25, 0.3) is 0 Å². The molecule has 1 aliphatic heterocycles. The van der Waals surface area contributed by atoms with E-state index in [9.17, 15) is 0 Å². The molecule has 1 fully saturated rings. The largest absolute Gasteiger partial charge is 0.380 e. The molecule has 19 heavy (non-hydrogen) atoms. The standard InChI is InChI=1S/C14H28O5/c1-3-14(12-19-13-14)11-18-10-9-17-8-7-16-6-5-15-4-2/h3-13H2,1-2H3. The van der Waals surface area contributed by atoms with Crippen LogP contribution in [0.2, 0.25) is 0 Å². The first-order valence-corrected chi connectivity index (χ1v) is 7.22. The molecule has 0 unspecified atom stereocenters. The summed E-state index contributed by atoms with van der Waals surface area (Å²) in [5, 5.41) is 0. The van der Waals surface area contributed by atoms with Crippen LogP contribution < -0.4 is 0 Å². The van der Waals surface area contributed by atoms with Crippen molar-refractivity contribution in [3.63, 3.8) is 0 Å². The molecule has 0 N–H and O–H groups in total. The fourth-order valence-electron chi connectivity index (χ4n) is 1.77. The van der Waals surface area contributed by atoms with Gasteiger partial charge in [-0.15, -0.1) is 0 Å². The molecule has 1 heterocycles. The molecular formula is C14H28O5. The maximum Gasteiger partial charge on any atom is 0.0701 e. The zero-order valence-electron chi connectivity index (χ0n) is 12.3. The summed E-state index contributed by atoms with van der Waals surface area (Å²) < 4.78 is 26.8.